The summed E-state index contributed by atoms with van der Waals surface area (Å²) in [5.41, 5.74) is 0. The molecule has 0 saturated carbocycles. The van der Waals surface area contributed by atoms with Gasteiger partial charge in [0.1, 0.15) is 0 Å². The molecule has 62 valence electrons. The summed E-state index contributed by atoms with van der Waals surface area (Å²) < 4.78 is 1.13. The smallest absolute Gasteiger partial charge is 0.161 e. The van der Waals surface area contributed by atoms with Gasteiger partial charge in [-0.3, -0.25) is 0 Å². The van der Waals surface area contributed by atoms with Crippen LogP contribution in [0, 0.1) is 0 Å². The van der Waals surface area contributed by atoms with Crippen molar-refractivity contribution in [1.29, 1.82) is 0 Å². The van der Waals surface area contributed by atoms with Gasteiger partial charge in [-0.25, -0.2) is 0 Å². The van der Waals surface area contributed by atoms with Gasteiger partial charge in [-0.15, -0.1) is 10.2 Å². The summed E-state index contributed by atoms with van der Waals surface area (Å²) >= 11 is 3.31. The van der Waals surface area contributed by atoms with Crippen LogP contribution < -0.4 is 0 Å². The summed E-state index contributed by atoms with van der Waals surface area (Å²) in [6.45, 7) is 0. The second-order valence-electron chi connectivity index (χ2n) is 1.86. The molecule has 0 aliphatic rings. The Morgan fingerprint density at radius 2 is 1.92 bits per heavy atom. The predicted octanol–water partition coefficient (Wildman–Crippen LogP) is 1.65. The molecule has 0 saturated heterocycles. The van der Waals surface area contributed by atoms with Crippen LogP contribution in [0.4, 0.5) is 0 Å². The molecule has 0 fully saturated rings. The molecule has 2 rings (SSSR count). The number of nitrogens with one attached hydrogen (secondary N) is 1. The van der Waals surface area contributed by atoms with E-state index < -0.39 is 0 Å². The largest absolute Gasteiger partial charge is 0.177 e. The van der Waals surface area contributed by atoms with Crippen LogP contribution in [-0.2, 0) is 0 Å². The van der Waals surface area contributed by atoms with Crippen LogP contribution in [0.1, 0.15) is 0 Å². The first-order valence-corrected chi connectivity index (χ1v) is 4.06. The van der Waals surface area contributed by atoms with Gasteiger partial charge in [0.25, 0.3) is 0 Å². The number of H-pyrrole nitrogens is 1. The zero-order valence-electron chi connectivity index (χ0n) is 6.18. The third-order valence-electron chi connectivity index (χ3n) is 1.00. The van der Waals surface area contributed by atoms with Crippen LogP contribution in [0.25, 0.3) is 0 Å². The molecule has 2 aromatic rings. The predicted molar refractivity (Wildman–Crippen MR) is 48.3 cm³/mol. The monoisotopic (exact) mass is 226 g/mol. The molecule has 0 aliphatic carbocycles. The number of benzene rings is 1. The molecule has 0 unspecified atom stereocenters. The molecule has 1 N–H and O–H groups in total. The number of rotatable bonds is 0. The van der Waals surface area contributed by atoms with E-state index in [1.807, 2.05) is 30.3 Å². The van der Waals surface area contributed by atoms with Gasteiger partial charge in [0.05, 0.1) is 0 Å². The molecule has 0 atom stereocenters. The second-order valence-corrected chi connectivity index (χ2v) is 2.77. The molecule has 0 radical (unpaired) electrons. The van der Waals surface area contributed by atoms with Gasteiger partial charge in [-0.1, -0.05) is 39.3 Å². The number of aromatic amines is 1. The van der Waals surface area contributed by atoms with Crippen LogP contribution in [0.3, 0.4) is 0 Å². The molecular weight excluding hydrogens is 220 g/mol. The first kappa shape index (κ1) is 8.86. The van der Waals surface area contributed by atoms with Gasteiger partial charge in [-0.2, -0.15) is 5.21 Å². The molecular formula is C7H7BrN4. The Morgan fingerprint density at radius 1 is 1.17 bits per heavy atom. The first-order chi connectivity index (χ1) is 5.89. The fourth-order valence-electron chi connectivity index (χ4n) is 0.544. The maximum absolute atomic E-state index is 3.38. The van der Waals surface area contributed by atoms with E-state index in [0.29, 0.717) is 0 Å². The standard InChI is InChI=1S/C6H5Br.CH2N4/c7-6-4-2-1-3-5-6;1-2-4-5-3-1/h1-5H;1H,(H,2,3,4,5). The van der Waals surface area contributed by atoms with Crippen LogP contribution in [-0.4, -0.2) is 20.6 Å². The van der Waals surface area contributed by atoms with Gasteiger partial charge in [0, 0.05) is 4.47 Å². The summed E-state index contributed by atoms with van der Waals surface area (Å²) in [7, 11) is 0. The molecule has 0 bridgehead atoms. The van der Waals surface area contributed by atoms with Crippen molar-refractivity contribution < 1.29 is 0 Å². The lowest BCUT2D eigenvalue weighted by atomic mass is 10.4. The van der Waals surface area contributed by atoms with Gasteiger partial charge in [0.2, 0.25) is 0 Å². The van der Waals surface area contributed by atoms with Crippen molar-refractivity contribution in [3.05, 3.63) is 41.1 Å². The minimum Gasteiger partial charge on any atom is -0.177 e. The van der Waals surface area contributed by atoms with Crippen molar-refractivity contribution in [1.82, 2.24) is 20.6 Å². The summed E-state index contributed by atoms with van der Waals surface area (Å²) in [5, 5.41) is 12.2. The van der Waals surface area contributed by atoms with Crippen molar-refractivity contribution in [2.45, 2.75) is 0 Å². The number of aromatic nitrogens is 4. The quantitative estimate of drug-likeness (QED) is 0.744. The Hall–Kier alpha value is -1.23. The molecule has 4 nitrogen and oxygen atoms in total. The fraction of sp³-hybridized carbons (Fsp3) is 0. The molecule has 1 heterocycles. The third-order valence-corrected chi connectivity index (χ3v) is 1.53. The molecule has 1 aromatic carbocycles. The highest BCUT2D eigenvalue weighted by molar-refractivity contribution is 9.10. The van der Waals surface area contributed by atoms with E-state index in [0.717, 1.165) is 4.47 Å². The SMILES string of the molecule is Brc1ccccc1.c1nn[nH]n1. The molecule has 0 aliphatic heterocycles. The van der Waals surface area contributed by atoms with Crippen molar-refractivity contribution >= 4 is 15.9 Å². The highest BCUT2D eigenvalue weighted by Crippen LogP contribution is 2.05. The molecule has 1 aromatic heterocycles. The average molecular weight is 227 g/mol. The van der Waals surface area contributed by atoms with E-state index >= 15 is 0 Å². The summed E-state index contributed by atoms with van der Waals surface area (Å²) in [4.78, 5) is 0. The topological polar surface area (TPSA) is 54.5 Å². The summed E-state index contributed by atoms with van der Waals surface area (Å²) in [5.74, 6) is 0. The lowest BCUT2D eigenvalue weighted by Crippen LogP contribution is -1.64. The van der Waals surface area contributed by atoms with E-state index in [1.165, 1.54) is 6.33 Å². The lowest BCUT2D eigenvalue weighted by molar-refractivity contribution is 0.881. The van der Waals surface area contributed by atoms with Crippen LogP contribution in [0.5, 0.6) is 0 Å². The molecule has 12 heavy (non-hydrogen) atoms. The fourth-order valence-corrected chi connectivity index (χ4v) is 0.849. The van der Waals surface area contributed by atoms with E-state index in [2.05, 4.69) is 36.6 Å². The average Bonchev–Trinajstić information content (AvgIpc) is 2.62. The highest BCUT2D eigenvalue weighted by Gasteiger charge is 1.74. The second kappa shape index (κ2) is 5.42. The van der Waals surface area contributed by atoms with E-state index in [1.54, 1.807) is 0 Å². The number of hydrogen-bond donors (Lipinski definition) is 1. The molecule has 5 heteroatoms. The number of nitrogens with zero attached hydrogens (tertiary/aromatic N) is 3. The van der Waals surface area contributed by atoms with Crippen molar-refractivity contribution in [2.24, 2.45) is 0 Å². The van der Waals surface area contributed by atoms with Crippen LogP contribution >= 0.6 is 15.9 Å². The van der Waals surface area contributed by atoms with Gasteiger partial charge >= 0.3 is 0 Å². The maximum Gasteiger partial charge on any atom is 0.161 e. The highest BCUT2D eigenvalue weighted by atomic mass is 79.9. The number of tetrazole rings is 1. The zero-order chi connectivity index (χ0) is 8.65. The molecule has 0 amide bonds. The lowest BCUT2D eigenvalue weighted by Gasteiger charge is -1.80. The van der Waals surface area contributed by atoms with Crippen LogP contribution in [0.15, 0.2) is 41.1 Å². The first-order valence-electron chi connectivity index (χ1n) is 3.26. The summed E-state index contributed by atoms with van der Waals surface area (Å²) in [6, 6.07) is 9.97. The van der Waals surface area contributed by atoms with Crippen molar-refractivity contribution in [3.8, 4) is 0 Å². The minimum absolute atomic E-state index is 1.13. The van der Waals surface area contributed by atoms with E-state index in [9.17, 15) is 0 Å². The van der Waals surface area contributed by atoms with E-state index in [4.69, 9.17) is 0 Å². The van der Waals surface area contributed by atoms with Gasteiger partial charge < -0.3 is 0 Å². The third kappa shape index (κ3) is 3.82. The van der Waals surface area contributed by atoms with Crippen molar-refractivity contribution in [3.63, 3.8) is 0 Å². The minimum atomic E-state index is 1.13. The molecule has 0 spiro atoms. The number of halogens is 1. The van der Waals surface area contributed by atoms with Crippen LogP contribution in [0.2, 0.25) is 0 Å². The Kier molecular flexibility index (Phi) is 4.01. The number of hydrogen-bond acceptors (Lipinski definition) is 3. The maximum atomic E-state index is 3.38. The zero-order valence-corrected chi connectivity index (χ0v) is 7.77. The Labute approximate surface area is 78.1 Å². The van der Waals surface area contributed by atoms with Crippen molar-refractivity contribution in [2.75, 3.05) is 0 Å². The Balaban J connectivity index is 0.000000127. The van der Waals surface area contributed by atoms with Gasteiger partial charge in [-0.05, 0) is 12.1 Å². The van der Waals surface area contributed by atoms with E-state index in [-0.39, 0.29) is 0 Å². The van der Waals surface area contributed by atoms with Gasteiger partial charge in [0.15, 0.2) is 6.33 Å². The summed E-state index contributed by atoms with van der Waals surface area (Å²) in [6.07, 6.45) is 1.33. The normalized spacial score (nSPS) is 8.42. The Bertz CT molecular complexity index is 264. The Morgan fingerprint density at radius 3 is 2.17 bits per heavy atom.